The number of alkyl halides is 20. The van der Waals surface area contributed by atoms with Gasteiger partial charge in [-0.3, -0.25) is 0 Å². The molecule has 33 heavy (non-hydrogen) atoms. The second kappa shape index (κ2) is 7.53. The standard InChI is InChI=1S/C12H6F20O/c1-3(13,14)5(17,18)7(21,22)9(25,26)11(29,30)12(31,32)10(27,28)8(23,24)6(19,20)4(15,16)2-33/h33H,2H2,1H3. The molecule has 0 saturated carbocycles. The normalized spacial score (nSPS) is 16.9. The van der Waals surface area contributed by atoms with Gasteiger partial charge in [0, 0.05) is 6.92 Å². The number of aliphatic hydroxyl groups excluding tert-OH is 1. The van der Waals surface area contributed by atoms with Crippen molar-refractivity contribution in [2.45, 2.75) is 66.1 Å². The molecule has 0 atom stereocenters. The van der Waals surface area contributed by atoms with Gasteiger partial charge < -0.3 is 5.11 Å². The van der Waals surface area contributed by atoms with Crippen molar-refractivity contribution in [3.8, 4) is 0 Å². The average Bonchev–Trinajstić information content (AvgIpc) is 2.59. The van der Waals surface area contributed by atoms with Crippen LogP contribution in [0.3, 0.4) is 0 Å². The second-order valence-corrected chi connectivity index (χ2v) is 6.35. The molecule has 0 fully saturated rings. The first kappa shape index (κ1) is 31.6. The molecule has 0 radical (unpaired) electrons. The van der Waals surface area contributed by atoms with Gasteiger partial charge in [-0.05, 0) is 0 Å². The van der Waals surface area contributed by atoms with Gasteiger partial charge in [-0.2, -0.15) is 87.8 Å². The highest BCUT2D eigenvalue weighted by Gasteiger charge is 2.97. The average molecular weight is 546 g/mol. The van der Waals surface area contributed by atoms with Gasteiger partial charge in [-0.25, -0.2) is 0 Å². The van der Waals surface area contributed by atoms with Gasteiger partial charge in [-0.1, -0.05) is 0 Å². The van der Waals surface area contributed by atoms with E-state index in [1.165, 1.54) is 0 Å². The number of hydrogen-bond acceptors (Lipinski definition) is 1. The molecule has 0 bridgehead atoms. The fourth-order valence-electron chi connectivity index (χ4n) is 1.79. The van der Waals surface area contributed by atoms with Crippen molar-refractivity contribution >= 4 is 0 Å². The van der Waals surface area contributed by atoms with Crippen LogP contribution < -0.4 is 0 Å². The third-order valence-electron chi connectivity index (χ3n) is 3.97. The summed E-state index contributed by atoms with van der Waals surface area (Å²) in [4.78, 5) is 0. The highest BCUT2D eigenvalue weighted by molar-refractivity contribution is 5.18. The third-order valence-corrected chi connectivity index (χ3v) is 3.97. The van der Waals surface area contributed by atoms with Gasteiger partial charge in [0.1, 0.15) is 6.61 Å². The van der Waals surface area contributed by atoms with Crippen LogP contribution in [0.15, 0.2) is 0 Å². The van der Waals surface area contributed by atoms with Crippen LogP contribution in [-0.2, 0) is 0 Å². The van der Waals surface area contributed by atoms with Crippen LogP contribution in [0.4, 0.5) is 87.8 Å². The van der Waals surface area contributed by atoms with E-state index in [4.69, 9.17) is 5.11 Å². The number of rotatable bonds is 10. The van der Waals surface area contributed by atoms with Crippen molar-refractivity contribution < 1.29 is 92.9 Å². The minimum Gasteiger partial charge on any atom is -0.390 e. The lowest BCUT2D eigenvalue weighted by Crippen LogP contribution is -2.77. The number of halogens is 20. The van der Waals surface area contributed by atoms with Crippen molar-refractivity contribution in [2.24, 2.45) is 0 Å². The van der Waals surface area contributed by atoms with Crippen LogP contribution in [0, 0.1) is 0 Å². The van der Waals surface area contributed by atoms with E-state index in [1.807, 2.05) is 0 Å². The van der Waals surface area contributed by atoms with Gasteiger partial charge in [0.25, 0.3) is 0 Å². The SMILES string of the molecule is CC(F)(F)C(F)(F)C(F)(F)C(F)(F)C(F)(F)C(F)(F)C(F)(F)C(F)(F)C(F)(F)C(F)(F)CO. The van der Waals surface area contributed by atoms with E-state index in [9.17, 15) is 87.8 Å². The quantitative estimate of drug-likeness (QED) is 0.317. The predicted octanol–water partition coefficient (Wildman–Crippen LogP) is 6.35. The second-order valence-electron chi connectivity index (χ2n) is 6.35. The molecule has 1 nitrogen and oxygen atoms in total. The van der Waals surface area contributed by atoms with E-state index in [2.05, 4.69) is 0 Å². The van der Waals surface area contributed by atoms with E-state index >= 15 is 0 Å². The molecule has 0 aliphatic rings. The summed E-state index contributed by atoms with van der Waals surface area (Å²) >= 11 is 0. The first-order chi connectivity index (χ1) is 13.8. The van der Waals surface area contributed by atoms with Crippen LogP contribution in [0.5, 0.6) is 0 Å². The molecule has 21 heteroatoms. The molecule has 0 aliphatic carbocycles. The molecule has 0 saturated heterocycles. The Labute approximate surface area is 167 Å². The summed E-state index contributed by atoms with van der Waals surface area (Å²) in [5, 5.41) is 7.81. The minimum atomic E-state index is -9.04. The summed E-state index contributed by atoms with van der Waals surface area (Å²) in [6.45, 7) is -4.97. The van der Waals surface area contributed by atoms with Crippen LogP contribution in [-0.4, -0.2) is 70.9 Å². The Morgan fingerprint density at radius 2 is 0.545 bits per heavy atom. The van der Waals surface area contributed by atoms with Crippen molar-refractivity contribution in [1.82, 2.24) is 0 Å². The summed E-state index contributed by atoms with van der Waals surface area (Å²) in [6.07, 6.45) is 0. The number of aliphatic hydroxyl groups is 1. The Kier molecular flexibility index (Phi) is 7.20. The molecule has 0 aromatic heterocycles. The van der Waals surface area contributed by atoms with E-state index in [-0.39, 0.29) is 0 Å². The zero-order chi connectivity index (χ0) is 27.7. The van der Waals surface area contributed by atoms with Crippen molar-refractivity contribution in [1.29, 1.82) is 0 Å². The van der Waals surface area contributed by atoms with Crippen LogP contribution in [0.2, 0.25) is 0 Å². The molecule has 0 rings (SSSR count). The highest BCUT2D eigenvalue weighted by Crippen LogP contribution is 2.66. The smallest absolute Gasteiger partial charge is 0.385 e. The van der Waals surface area contributed by atoms with Gasteiger partial charge in [0.15, 0.2) is 0 Å². The van der Waals surface area contributed by atoms with Gasteiger partial charge >= 0.3 is 59.2 Å². The predicted molar refractivity (Wildman–Crippen MR) is 62.2 cm³/mol. The summed E-state index contributed by atoms with van der Waals surface area (Å²) in [6, 6.07) is 0. The zero-order valence-electron chi connectivity index (χ0n) is 14.7. The number of hydrogen-bond donors (Lipinski definition) is 1. The Balaban J connectivity index is 7.03. The lowest BCUT2D eigenvalue weighted by atomic mass is 9.85. The fraction of sp³-hybridized carbons (Fsp3) is 1.00. The van der Waals surface area contributed by atoms with Crippen molar-refractivity contribution in [2.75, 3.05) is 6.61 Å². The maximum atomic E-state index is 13.3. The largest absolute Gasteiger partial charge is 0.390 e. The first-order valence-corrected chi connectivity index (χ1v) is 7.20. The first-order valence-electron chi connectivity index (χ1n) is 7.20. The van der Waals surface area contributed by atoms with Gasteiger partial charge in [-0.15, -0.1) is 0 Å². The third kappa shape index (κ3) is 3.66. The maximum Gasteiger partial charge on any atom is 0.385 e. The summed E-state index contributed by atoms with van der Waals surface area (Å²) in [5.74, 6) is -82.1. The molecule has 0 amide bonds. The maximum absolute atomic E-state index is 13.3. The molecular weight excluding hydrogens is 540 g/mol. The van der Waals surface area contributed by atoms with E-state index in [0.717, 1.165) is 0 Å². The Morgan fingerprint density at radius 3 is 0.727 bits per heavy atom. The summed E-state index contributed by atoms with van der Waals surface area (Å²) in [7, 11) is 0. The van der Waals surface area contributed by atoms with Crippen molar-refractivity contribution in [3.63, 3.8) is 0 Å². The van der Waals surface area contributed by atoms with Gasteiger partial charge in [0.05, 0.1) is 0 Å². The molecule has 0 spiro atoms. The lowest BCUT2D eigenvalue weighted by molar-refractivity contribution is -0.468. The molecule has 0 aromatic rings. The Hall–Kier alpha value is -1.44. The molecule has 0 aliphatic heterocycles. The lowest BCUT2D eigenvalue weighted by Gasteiger charge is -2.44. The molecule has 200 valence electrons. The molecule has 0 unspecified atom stereocenters. The Morgan fingerprint density at radius 1 is 0.364 bits per heavy atom. The van der Waals surface area contributed by atoms with Crippen LogP contribution in [0.25, 0.3) is 0 Å². The fourth-order valence-corrected chi connectivity index (χ4v) is 1.79. The van der Waals surface area contributed by atoms with Gasteiger partial charge in [0.2, 0.25) is 0 Å². The monoisotopic (exact) mass is 546 g/mol. The topological polar surface area (TPSA) is 20.2 Å². The molecule has 0 heterocycles. The van der Waals surface area contributed by atoms with Crippen molar-refractivity contribution in [3.05, 3.63) is 0 Å². The van der Waals surface area contributed by atoms with E-state index < -0.39 is 72.8 Å². The summed E-state index contributed by atoms with van der Waals surface area (Å²) in [5.41, 5.74) is 0. The zero-order valence-corrected chi connectivity index (χ0v) is 14.7. The van der Waals surface area contributed by atoms with E-state index in [1.54, 1.807) is 0 Å². The highest BCUT2D eigenvalue weighted by atomic mass is 19.4. The minimum absolute atomic E-state index is 1.38. The van der Waals surface area contributed by atoms with E-state index in [0.29, 0.717) is 0 Å². The Bertz CT molecular complexity index is 715. The molecular formula is C12H6F20O. The molecule has 1 N–H and O–H groups in total. The molecule has 0 aromatic carbocycles. The van der Waals surface area contributed by atoms with Crippen LogP contribution in [0.1, 0.15) is 6.92 Å². The summed E-state index contributed by atoms with van der Waals surface area (Å²) < 4.78 is 261. The van der Waals surface area contributed by atoms with Crippen LogP contribution >= 0.6 is 0 Å².